The van der Waals surface area contributed by atoms with E-state index in [1.165, 1.54) is 18.2 Å². The Bertz CT molecular complexity index is 350. The molecule has 1 N–H and O–H groups in total. The van der Waals surface area contributed by atoms with Gasteiger partial charge in [0.2, 0.25) is 5.67 Å². The maximum atomic E-state index is 13.3. The van der Waals surface area contributed by atoms with E-state index in [0.29, 0.717) is 0 Å². The Morgan fingerprint density at radius 1 is 1.23 bits per heavy atom. The monoisotopic (exact) mass is 188 g/mol. The van der Waals surface area contributed by atoms with E-state index >= 15 is 0 Å². The second kappa shape index (κ2) is 2.19. The highest BCUT2D eigenvalue weighted by molar-refractivity contribution is 5.38. The summed E-state index contributed by atoms with van der Waals surface area (Å²) in [6.45, 7) is 0. The van der Waals surface area contributed by atoms with Crippen LogP contribution in [-0.2, 0) is 5.67 Å². The molecule has 1 atom stereocenters. The Kier molecular flexibility index (Phi) is 1.41. The van der Waals surface area contributed by atoms with Gasteiger partial charge in [0.1, 0.15) is 5.75 Å². The number of aromatic hydroxyl groups is 1. The van der Waals surface area contributed by atoms with Crippen molar-refractivity contribution in [3.63, 3.8) is 0 Å². The quantitative estimate of drug-likeness (QED) is 0.718. The first kappa shape index (κ1) is 8.41. The zero-order chi connectivity index (χ0) is 9.69. The van der Waals surface area contributed by atoms with Crippen molar-refractivity contribution in [3.8, 4) is 5.75 Å². The molecule has 1 saturated carbocycles. The van der Waals surface area contributed by atoms with Crippen LogP contribution in [0.25, 0.3) is 0 Å². The lowest BCUT2D eigenvalue weighted by atomic mass is 10.1. The van der Waals surface area contributed by atoms with Crippen molar-refractivity contribution in [2.24, 2.45) is 0 Å². The molecule has 1 aromatic carbocycles. The molecule has 0 heterocycles. The largest absolute Gasteiger partial charge is 0.508 e. The summed E-state index contributed by atoms with van der Waals surface area (Å²) >= 11 is 0. The van der Waals surface area contributed by atoms with Gasteiger partial charge in [-0.2, -0.15) is 0 Å². The zero-order valence-corrected chi connectivity index (χ0v) is 6.60. The number of phenolic OH excluding ortho intramolecular Hbond substituents is 1. The number of hydrogen-bond donors (Lipinski definition) is 1. The van der Waals surface area contributed by atoms with Crippen LogP contribution in [0.5, 0.6) is 5.75 Å². The second-order valence-corrected chi connectivity index (χ2v) is 3.23. The molecule has 1 aliphatic rings. The van der Waals surface area contributed by atoms with Gasteiger partial charge in [-0.25, -0.2) is 13.2 Å². The Balaban J connectivity index is 2.38. The molecule has 0 spiro atoms. The van der Waals surface area contributed by atoms with E-state index in [1.54, 1.807) is 0 Å². The van der Waals surface area contributed by atoms with Gasteiger partial charge in [-0.15, -0.1) is 0 Å². The third-order valence-corrected chi connectivity index (χ3v) is 2.22. The Hall–Kier alpha value is -1.19. The van der Waals surface area contributed by atoms with Crippen molar-refractivity contribution < 1.29 is 18.3 Å². The molecule has 1 aromatic rings. The highest BCUT2D eigenvalue weighted by atomic mass is 19.3. The summed E-state index contributed by atoms with van der Waals surface area (Å²) in [5, 5.41) is 8.96. The Labute approximate surface area is 72.8 Å². The summed E-state index contributed by atoms with van der Waals surface area (Å²) < 4.78 is 38.4. The summed E-state index contributed by atoms with van der Waals surface area (Å²) in [5.41, 5.74) is -2.72. The van der Waals surface area contributed by atoms with Crippen LogP contribution >= 0.6 is 0 Å². The number of alkyl halides is 3. The van der Waals surface area contributed by atoms with Crippen molar-refractivity contribution in [2.75, 3.05) is 0 Å². The first-order chi connectivity index (χ1) is 5.96. The van der Waals surface area contributed by atoms with Gasteiger partial charge in [0.15, 0.2) is 0 Å². The van der Waals surface area contributed by atoms with E-state index in [-0.39, 0.29) is 11.3 Å². The number of hydrogen-bond acceptors (Lipinski definition) is 1. The van der Waals surface area contributed by atoms with Crippen LogP contribution < -0.4 is 0 Å². The molecule has 0 saturated heterocycles. The molecule has 0 aromatic heterocycles. The van der Waals surface area contributed by atoms with Crippen molar-refractivity contribution in [3.05, 3.63) is 29.8 Å². The summed E-state index contributed by atoms with van der Waals surface area (Å²) in [6.07, 6.45) is -0.788. The van der Waals surface area contributed by atoms with Gasteiger partial charge in [0.25, 0.3) is 5.92 Å². The molecule has 70 valence electrons. The van der Waals surface area contributed by atoms with Crippen molar-refractivity contribution >= 4 is 0 Å². The van der Waals surface area contributed by atoms with E-state index in [2.05, 4.69) is 0 Å². The van der Waals surface area contributed by atoms with Gasteiger partial charge in [-0.05, 0) is 17.7 Å². The Morgan fingerprint density at radius 2 is 1.85 bits per heavy atom. The topological polar surface area (TPSA) is 20.2 Å². The smallest absolute Gasteiger partial charge is 0.289 e. The minimum atomic E-state index is -3.28. The molecule has 1 nitrogen and oxygen atoms in total. The lowest BCUT2D eigenvalue weighted by Crippen LogP contribution is -2.09. The van der Waals surface area contributed by atoms with E-state index in [4.69, 9.17) is 5.11 Å². The normalized spacial score (nSPS) is 30.1. The van der Waals surface area contributed by atoms with Crippen LogP contribution in [0.1, 0.15) is 12.0 Å². The van der Waals surface area contributed by atoms with Crippen LogP contribution in [0, 0.1) is 0 Å². The van der Waals surface area contributed by atoms with E-state index in [0.717, 1.165) is 6.07 Å². The average Bonchev–Trinajstić information content (AvgIpc) is 2.53. The van der Waals surface area contributed by atoms with Gasteiger partial charge < -0.3 is 5.11 Å². The minimum Gasteiger partial charge on any atom is -0.508 e. The summed E-state index contributed by atoms with van der Waals surface area (Å²) in [4.78, 5) is 0. The predicted molar refractivity (Wildman–Crippen MR) is 40.5 cm³/mol. The van der Waals surface area contributed by atoms with Crippen molar-refractivity contribution in [1.82, 2.24) is 0 Å². The maximum absolute atomic E-state index is 13.3. The fourth-order valence-corrected chi connectivity index (χ4v) is 1.33. The Morgan fingerprint density at radius 3 is 2.31 bits per heavy atom. The van der Waals surface area contributed by atoms with Crippen LogP contribution in [0.4, 0.5) is 13.2 Å². The summed E-state index contributed by atoms with van der Waals surface area (Å²) in [6, 6.07) is 4.94. The molecule has 0 aliphatic heterocycles. The fraction of sp³-hybridized carbons (Fsp3) is 0.333. The van der Waals surface area contributed by atoms with Crippen LogP contribution in [0.2, 0.25) is 0 Å². The number of halogens is 3. The molecule has 0 amide bonds. The van der Waals surface area contributed by atoms with Gasteiger partial charge in [-0.1, -0.05) is 12.1 Å². The SMILES string of the molecule is Oc1cccc(C2(F)CC2(F)F)c1. The highest BCUT2D eigenvalue weighted by Crippen LogP contribution is 2.62. The van der Waals surface area contributed by atoms with Gasteiger partial charge in [0, 0.05) is 0 Å². The minimum absolute atomic E-state index is 0.155. The van der Waals surface area contributed by atoms with Crippen molar-refractivity contribution in [1.29, 1.82) is 0 Å². The lowest BCUT2D eigenvalue weighted by Gasteiger charge is -2.06. The molecular formula is C9H7F3O. The third kappa shape index (κ3) is 1.08. The van der Waals surface area contributed by atoms with Gasteiger partial charge in [-0.3, -0.25) is 0 Å². The zero-order valence-electron chi connectivity index (χ0n) is 6.60. The molecule has 13 heavy (non-hydrogen) atoms. The molecule has 1 unspecified atom stereocenters. The van der Waals surface area contributed by atoms with Crippen LogP contribution in [-0.4, -0.2) is 11.0 Å². The molecule has 1 aliphatic carbocycles. The van der Waals surface area contributed by atoms with E-state index in [9.17, 15) is 13.2 Å². The lowest BCUT2D eigenvalue weighted by molar-refractivity contribution is 0.0420. The number of benzene rings is 1. The molecule has 1 fully saturated rings. The molecular weight excluding hydrogens is 181 g/mol. The highest BCUT2D eigenvalue weighted by Gasteiger charge is 2.74. The van der Waals surface area contributed by atoms with E-state index < -0.39 is 18.0 Å². The van der Waals surface area contributed by atoms with Crippen LogP contribution in [0.15, 0.2) is 24.3 Å². The average molecular weight is 188 g/mol. The first-order valence-corrected chi connectivity index (χ1v) is 3.82. The summed E-state index contributed by atoms with van der Waals surface area (Å²) in [7, 11) is 0. The molecule has 4 heteroatoms. The van der Waals surface area contributed by atoms with Gasteiger partial charge >= 0.3 is 0 Å². The maximum Gasteiger partial charge on any atom is 0.289 e. The fourth-order valence-electron chi connectivity index (χ4n) is 1.33. The molecule has 0 radical (unpaired) electrons. The number of rotatable bonds is 1. The number of phenols is 1. The summed E-state index contributed by atoms with van der Waals surface area (Å²) in [5.74, 6) is -3.47. The first-order valence-electron chi connectivity index (χ1n) is 3.82. The predicted octanol–water partition coefficient (Wildman–Crippen LogP) is 2.60. The molecule has 2 rings (SSSR count). The van der Waals surface area contributed by atoms with Gasteiger partial charge in [0.05, 0.1) is 6.42 Å². The third-order valence-electron chi connectivity index (χ3n) is 2.22. The molecule has 0 bridgehead atoms. The van der Waals surface area contributed by atoms with E-state index in [1.807, 2.05) is 0 Å². The van der Waals surface area contributed by atoms with Crippen molar-refractivity contribution in [2.45, 2.75) is 18.0 Å². The van der Waals surface area contributed by atoms with Crippen LogP contribution in [0.3, 0.4) is 0 Å². The standard InChI is InChI=1S/C9H7F3O/c10-8(5-9(8,11)12)6-2-1-3-7(13)4-6/h1-4,13H,5H2. The second-order valence-electron chi connectivity index (χ2n) is 3.23.